The van der Waals surface area contributed by atoms with Crippen molar-refractivity contribution in [1.29, 1.82) is 0 Å². The Morgan fingerprint density at radius 2 is 1.95 bits per heavy atom. The lowest BCUT2D eigenvalue weighted by atomic mass is 10.2. The van der Waals surface area contributed by atoms with Crippen LogP contribution < -0.4 is 0 Å². The van der Waals surface area contributed by atoms with Crippen molar-refractivity contribution in [2.24, 2.45) is 5.92 Å². The fraction of sp³-hybridized carbons (Fsp3) is 0.643. The van der Waals surface area contributed by atoms with Gasteiger partial charge in [-0.3, -0.25) is 4.90 Å². The molecule has 1 aromatic rings. The number of carboxylic acids is 1. The van der Waals surface area contributed by atoms with E-state index in [4.69, 9.17) is 9.52 Å². The van der Waals surface area contributed by atoms with Crippen LogP contribution in [0.1, 0.15) is 29.0 Å². The minimum atomic E-state index is -0.927. The Bertz CT molecular complexity index is 445. The highest BCUT2D eigenvalue weighted by Gasteiger charge is 2.26. The highest BCUT2D eigenvalue weighted by atomic mass is 16.4. The number of nitrogens with zero attached hydrogens (tertiary/aromatic N) is 2. The van der Waals surface area contributed by atoms with Gasteiger partial charge in [0.25, 0.3) is 0 Å². The van der Waals surface area contributed by atoms with Gasteiger partial charge in [0.1, 0.15) is 12.0 Å². The van der Waals surface area contributed by atoms with E-state index in [0.29, 0.717) is 6.54 Å². The second-order valence-corrected chi connectivity index (χ2v) is 5.63. The summed E-state index contributed by atoms with van der Waals surface area (Å²) in [7, 11) is 0. The molecule has 104 valence electrons. The van der Waals surface area contributed by atoms with E-state index in [2.05, 4.69) is 9.80 Å². The topological polar surface area (TPSA) is 56.9 Å². The summed E-state index contributed by atoms with van der Waals surface area (Å²) in [6.07, 6.45) is 4.14. The zero-order valence-corrected chi connectivity index (χ0v) is 11.0. The van der Waals surface area contributed by atoms with Gasteiger partial charge >= 0.3 is 5.97 Å². The minimum absolute atomic E-state index is 0.238. The van der Waals surface area contributed by atoms with Gasteiger partial charge in [0.05, 0.1) is 12.1 Å². The Labute approximate surface area is 112 Å². The molecule has 2 fully saturated rings. The maximum atomic E-state index is 10.8. The number of rotatable bonds is 5. The van der Waals surface area contributed by atoms with E-state index in [1.807, 2.05) is 0 Å². The van der Waals surface area contributed by atoms with Crippen LogP contribution in [0.25, 0.3) is 0 Å². The van der Waals surface area contributed by atoms with Crippen LogP contribution in [0.5, 0.6) is 0 Å². The van der Waals surface area contributed by atoms with Crippen LogP contribution in [0, 0.1) is 5.92 Å². The Balaban J connectivity index is 1.46. The molecule has 5 nitrogen and oxygen atoms in total. The number of carbonyl (C=O) groups is 1. The van der Waals surface area contributed by atoms with Crippen LogP contribution >= 0.6 is 0 Å². The molecule has 2 aliphatic rings. The Morgan fingerprint density at radius 1 is 1.26 bits per heavy atom. The summed E-state index contributed by atoms with van der Waals surface area (Å²) >= 11 is 0. The molecule has 3 rings (SSSR count). The smallest absolute Gasteiger partial charge is 0.338 e. The summed E-state index contributed by atoms with van der Waals surface area (Å²) in [5.41, 5.74) is 0.238. The van der Waals surface area contributed by atoms with Crippen molar-refractivity contribution < 1.29 is 14.3 Å². The molecule has 1 N–H and O–H groups in total. The Kier molecular flexibility index (Phi) is 3.57. The fourth-order valence-corrected chi connectivity index (χ4v) is 2.59. The lowest BCUT2D eigenvalue weighted by molar-refractivity contribution is 0.0696. The summed E-state index contributed by atoms with van der Waals surface area (Å²) in [6, 6.07) is 1.62. The molecule has 19 heavy (non-hydrogen) atoms. The van der Waals surface area contributed by atoms with Gasteiger partial charge in [-0.2, -0.15) is 0 Å². The number of hydrogen-bond donors (Lipinski definition) is 1. The van der Waals surface area contributed by atoms with Crippen molar-refractivity contribution in [2.45, 2.75) is 19.4 Å². The van der Waals surface area contributed by atoms with Crippen molar-refractivity contribution >= 4 is 5.97 Å². The third kappa shape index (κ3) is 3.36. The molecule has 2 heterocycles. The van der Waals surface area contributed by atoms with Gasteiger partial charge in [-0.05, 0) is 24.8 Å². The van der Waals surface area contributed by atoms with E-state index in [0.717, 1.165) is 37.9 Å². The molecule has 5 heteroatoms. The van der Waals surface area contributed by atoms with Gasteiger partial charge < -0.3 is 14.4 Å². The second kappa shape index (κ2) is 5.35. The molecule has 0 amide bonds. The van der Waals surface area contributed by atoms with Gasteiger partial charge in [0.2, 0.25) is 0 Å². The normalized spacial score (nSPS) is 21.7. The van der Waals surface area contributed by atoms with Crippen LogP contribution in [0.2, 0.25) is 0 Å². The molecule has 0 aromatic carbocycles. The Morgan fingerprint density at radius 3 is 2.53 bits per heavy atom. The Hall–Kier alpha value is -1.33. The van der Waals surface area contributed by atoms with Gasteiger partial charge in [0.15, 0.2) is 0 Å². The maximum absolute atomic E-state index is 10.8. The van der Waals surface area contributed by atoms with Crippen LogP contribution in [0.4, 0.5) is 0 Å². The van der Waals surface area contributed by atoms with Crippen LogP contribution in [-0.2, 0) is 6.54 Å². The van der Waals surface area contributed by atoms with Gasteiger partial charge in [-0.25, -0.2) is 4.79 Å². The highest BCUT2D eigenvalue weighted by molar-refractivity contribution is 5.87. The first-order valence-corrected chi connectivity index (χ1v) is 6.96. The van der Waals surface area contributed by atoms with Crippen molar-refractivity contribution in [2.75, 3.05) is 32.7 Å². The van der Waals surface area contributed by atoms with Gasteiger partial charge in [0, 0.05) is 32.7 Å². The average Bonchev–Trinajstić information content (AvgIpc) is 3.08. The molecule has 1 aliphatic carbocycles. The summed E-state index contributed by atoms with van der Waals surface area (Å²) < 4.78 is 5.29. The molecule has 1 saturated carbocycles. The third-order valence-electron chi connectivity index (χ3n) is 3.96. The molecular formula is C14H20N2O3. The van der Waals surface area contributed by atoms with Crippen LogP contribution in [-0.4, -0.2) is 53.6 Å². The monoisotopic (exact) mass is 264 g/mol. The first-order valence-electron chi connectivity index (χ1n) is 6.96. The van der Waals surface area contributed by atoms with Crippen molar-refractivity contribution in [3.05, 3.63) is 23.7 Å². The molecule has 0 spiro atoms. The van der Waals surface area contributed by atoms with E-state index < -0.39 is 5.97 Å². The lowest BCUT2D eigenvalue weighted by Crippen LogP contribution is -2.46. The fourth-order valence-electron chi connectivity index (χ4n) is 2.59. The largest absolute Gasteiger partial charge is 0.478 e. The quantitative estimate of drug-likeness (QED) is 0.873. The first kappa shape index (κ1) is 12.7. The molecule has 0 unspecified atom stereocenters. The summed E-state index contributed by atoms with van der Waals surface area (Å²) in [4.78, 5) is 15.6. The van der Waals surface area contributed by atoms with Gasteiger partial charge in [-0.1, -0.05) is 0 Å². The predicted octanol–water partition coefficient (Wildman–Crippen LogP) is 1.51. The highest BCUT2D eigenvalue weighted by Crippen LogP contribution is 2.30. The van der Waals surface area contributed by atoms with E-state index >= 15 is 0 Å². The van der Waals surface area contributed by atoms with E-state index in [-0.39, 0.29) is 5.56 Å². The summed E-state index contributed by atoms with van der Waals surface area (Å²) in [5.74, 6) is 0.770. The van der Waals surface area contributed by atoms with E-state index in [1.165, 1.54) is 25.6 Å². The van der Waals surface area contributed by atoms with Crippen molar-refractivity contribution in [3.63, 3.8) is 0 Å². The number of carboxylic acid groups (broad SMARTS) is 1. The predicted molar refractivity (Wildman–Crippen MR) is 70.1 cm³/mol. The minimum Gasteiger partial charge on any atom is -0.478 e. The number of aromatic carboxylic acids is 1. The standard InChI is InChI=1S/C14H20N2O3/c17-14(18)12-7-13(19-10-12)9-16-5-3-15(4-6-16)8-11-1-2-11/h7,10-11H,1-6,8-9H2,(H,17,18). The van der Waals surface area contributed by atoms with Crippen molar-refractivity contribution in [1.82, 2.24) is 9.80 Å². The molecular weight excluding hydrogens is 244 g/mol. The molecule has 1 saturated heterocycles. The molecule has 0 bridgehead atoms. The van der Waals surface area contributed by atoms with Crippen LogP contribution in [0.3, 0.4) is 0 Å². The summed E-state index contributed by atoms with van der Waals surface area (Å²) in [6.45, 7) is 6.28. The number of piperazine rings is 1. The second-order valence-electron chi connectivity index (χ2n) is 5.63. The molecule has 0 atom stereocenters. The number of hydrogen-bond acceptors (Lipinski definition) is 4. The van der Waals surface area contributed by atoms with Gasteiger partial charge in [-0.15, -0.1) is 0 Å². The number of furan rings is 1. The maximum Gasteiger partial charge on any atom is 0.338 e. The van der Waals surface area contributed by atoms with E-state index in [9.17, 15) is 4.79 Å². The van der Waals surface area contributed by atoms with Crippen LogP contribution in [0.15, 0.2) is 16.7 Å². The molecule has 1 aromatic heterocycles. The van der Waals surface area contributed by atoms with E-state index in [1.54, 1.807) is 6.07 Å². The van der Waals surface area contributed by atoms with Crippen molar-refractivity contribution in [3.8, 4) is 0 Å². The first-order chi connectivity index (χ1) is 9.20. The zero-order chi connectivity index (χ0) is 13.2. The molecule has 0 radical (unpaired) electrons. The third-order valence-corrected chi connectivity index (χ3v) is 3.96. The summed E-state index contributed by atoms with van der Waals surface area (Å²) in [5, 5.41) is 8.85. The molecule has 1 aliphatic heterocycles. The lowest BCUT2D eigenvalue weighted by Gasteiger charge is -2.34. The SMILES string of the molecule is O=C(O)c1coc(CN2CCN(CC3CC3)CC2)c1. The average molecular weight is 264 g/mol. The zero-order valence-electron chi connectivity index (χ0n) is 11.0.